The summed E-state index contributed by atoms with van der Waals surface area (Å²) in [4.78, 5) is 10.3. The summed E-state index contributed by atoms with van der Waals surface area (Å²) in [7, 11) is 0. The number of rotatable bonds is 7. The van der Waals surface area contributed by atoms with Crippen molar-refractivity contribution in [2.45, 2.75) is 25.4 Å². The second-order valence-corrected chi connectivity index (χ2v) is 7.32. The Labute approximate surface area is 145 Å². The van der Waals surface area contributed by atoms with Crippen molar-refractivity contribution in [2.75, 3.05) is 0 Å². The molecule has 120 valence electrons. The molecule has 0 amide bonds. The zero-order chi connectivity index (χ0) is 16.7. The number of thioether (sulfide) groups is 2. The molecular weight excluding hydrogens is 326 g/mol. The normalized spacial score (nSPS) is 10.3. The van der Waals surface area contributed by atoms with Gasteiger partial charge in [-0.25, -0.2) is 0 Å². The van der Waals surface area contributed by atoms with Crippen molar-refractivity contribution in [1.29, 1.82) is 0 Å². The maximum Gasteiger partial charge on any atom is 0.0212 e. The van der Waals surface area contributed by atoms with Gasteiger partial charge in [0.1, 0.15) is 0 Å². The van der Waals surface area contributed by atoms with Crippen LogP contribution in [0.2, 0.25) is 0 Å². The van der Waals surface area contributed by atoms with Crippen LogP contribution in [0.1, 0.15) is 22.3 Å². The topological polar surface area (TPSA) is 43.1 Å². The van der Waals surface area contributed by atoms with Crippen molar-refractivity contribution in [1.82, 2.24) is 0 Å². The highest BCUT2D eigenvalue weighted by molar-refractivity contribution is 8.21. The third-order valence-corrected chi connectivity index (χ3v) is 5.75. The van der Waals surface area contributed by atoms with Crippen LogP contribution in [0.25, 0.3) is 0 Å². The largest absolute Gasteiger partial charge is 0.297 e. The van der Waals surface area contributed by atoms with Gasteiger partial charge in [0.25, 0.3) is 0 Å². The molecule has 0 atom stereocenters. The lowest BCUT2D eigenvalue weighted by molar-refractivity contribution is -0.419. The highest BCUT2D eigenvalue weighted by Crippen LogP contribution is 2.34. The van der Waals surface area contributed by atoms with Gasteiger partial charge in [-0.15, -0.1) is 28.4 Å². The average molecular weight is 344 g/mol. The van der Waals surface area contributed by atoms with E-state index in [1.165, 1.54) is 45.8 Å². The van der Waals surface area contributed by atoms with Crippen LogP contribution >= 0.6 is 23.5 Å². The summed E-state index contributed by atoms with van der Waals surface area (Å²) in [6, 6.07) is 16.2. The second-order valence-electron chi connectivity index (χ2n) is 5.09. The fourth-order valence-corrected chi connectivity index (χ4v) is 4.20. The number of benzene rings is 2. The zero-order valence-electron chi connectivity index (χ0n) is 13.1. The maximum absolute atomic E-state index is 10.8. The van der Waals surface area contributed by atoms with Gasteiger partial charge in [0.05, 0.1) is 0 Å². The molecule has 0 aliphatic rings. The Hall–Kier alpha value is -1.72. The summed E-state index contributed by atoms with van der Waals surface area (Å²) in [6.07, 6.45) is 2.32. The SMILES string of the molecule is Cc1ccccc1CSC(=[C-][N+](=O)[O-])SCc1ccccc1C. The number of hydrogen-bond acceptors (Lipinski definition) is 4. The van der Waals surface area contributed by atoms with Crippen molar-refractivity contribution >= 4 is 23.5 Å². The Bertz CT molecular complexity index is 662. The van der Waals surface area contributed by atoms with E-state index >= 15 is 0 Å². The van der Waals surface area contributed by atoms with E-state index in [1.54, 1.807) is 0 Å². The van der Waals surface area contributed by atoms with E-state index in [0.717, 1.165) is 0 Å². The van der Waals surface area contributed by atoms with Gasteiger partial charge in [-0.1, -0.05) is 59.0 Å². The van der Waals surface area contributed by atoms with E-state index in [4.69, 9.17) is 0 Å². The molecule has 2 rings (SSSR count). The third-order valence-electron chi connectivity index (χ3n) is 3.42. The molecule has 2 aromatic carbocycles. The van der Waals surface area contributed by atoms with Gasteiger partial charge in [-0.3, -0.25) is 10.1 Å². The molecule has 0 aromatic heterocycles. The predicted molar refractivity (Wildman–Crippen MR) is 98.7 cm³/mol. The van der Waals surface area contributed by atoms with E-state index in [0.29, 0.717) is 15.7 Å². The molecule has 0 spiro atoms. The van der Waals surface area contributed by atoms with Crippen LogP contribution in [0.4, 0.5) is 0 Å². The van der Waals surface area contributed by atoms with Gasteiger partial charge in [0.15, 0.2) is 0 Å². The van der Waals surface area contributed by atoms with Crippen LogP contribution in [0.15, 0.2) is 52.8 Å². The molecule has 0 fully saturated rings. The second kappa shape index (κ2) is 8.79. The Balaban J connectivity index is 2.02. The average Bonchev–Trinajstić information content (AvgIpc) is 2.52. The van der Waals surface area contributed by atoms with Crippen LogP contribution in [-0.4, -0.2) is 4.92 Å². The van der Waals surface area contributed by atoms with Crippen LogP contribution in [0, 0.1) is 30.2 Å². The highest BCUT2D eigenvalue weighted by atomic mass is 32.2. The molecule has 3 nitrogen and oxygen atoms in total. The standard InChI is InChI=1S/C18H18NO2S2/c1-14-7-3-5-9-16(14)12-22-18(11-19(20)21)23-13-17-10-6-4-8-15(17)2/h3-10H,12-13H2,1-2H3/q-1. The van der Waals surface area contributed by atoms with Gasteiger partial charge in [0.2, 0.25) is 0 Å². The molecule has 0 aliphatic heterocycles. The first-order valence-corrected chi connectivity index (χ1v) is 9.16. The Kier molecular flexibility index (Phi) is 6.74. The van der Waals surface area contributed by atoms with Crippen LogP contribution in [0.5, 0.6) is 0 Å². The van der Waals surface area contributed by atoms with E-state index in [-0.39, 0.29) is 0 Å². The fourth-order valence-electron chi connectivity index (χ4n) is 2.01. The van der Waals surface area contributed by atoms with Crippen LogP contribution < -0.4 is 0 Å². The first-order valence-electron chi connectivity index (χ1n) is 7.19. The molecule has 2 aromatic rings. The van der Waals surface area contributed by atoms with Gasteiger partial charge in [-0.2, -0.15) is 0 Å². The molecule has 0 radical (unpaired) electrons. The minimum atomic E-state index is -0.495. The zero-order valence-corrected chi connectivity index (χ0v) is 14.7. The summed E-state index contributed by atoms with van der Waals surface area (Å²) in [6.45, 7) is 4.11. The molecule has 0 aliphatic carbocycles. The van der Waals surface area contributed by atoms with Crippen LogP contribution in [0.3, 0.4) is 0 Å². The lowest BCUT2D eigenvalue weighted by atomic mass is 10.1. The lowest BCUT2D eigenvalue weighted by Gasteiger charge is -2.14. The third kappa shape index (κ3) is 5.77. The van der Waals surface area contributed by atoms with Gasteiger partial charge in [0, 0.05) is 11.5 Å². The van der Waals surface area contributed by atoms with Gasteiger partial charge in [-0.05, 0) is 36.1 Å². The van der Waals surface area contributed by atoms with E-state index < -0.39 is 4.92 Å². The van der Waals surface area contributed by atoms with Crippen molar-refractivity contribution in [3.63, 3.8) is 0 Å². The molecule has 0 unspecified atom stereocenters. The molecule has 0 saturated heterocycles. The Morgan fingerprint density at radius 3 is 1.78 bits per heavy atom. The van der Waals surface area contributed by atoms with Gasteiger partial charge < -0.3 is 0 Å². The number of nitrogens with zero attached hydrogens (tertiary/aromatic N) is 1. The van der Waals surface area contributed by atoms with Crippen molar-refractivity contribution in [3.05, 3.63) is 91.3 Å². The predicted octanol–water partition coefficient (Wildman–Crippen LogP) is 5.35. The van der Waals surface area contributed by atoms with Gasteiger partial charge >= 0.3 is 0 Å². The number of hydrogen-bond donors (Lipinski definition) is 0. The summed E-state index contributed by atoms with van der Waals surface area (Å²) >= 11 is 2.94. The van der Waals surface area contributed by atoms with Crippen molar-refractivity contribution < 1.29 is 4.92 Å². The highest BCUT2D eigenvalue weighted by Gasteiger charge is 2.02. The Morgan fingerprint density at radius 2 is 1.39 bits per heavy atom. The summed E-state index contributed by atoms with van der Waals surface area (Å²) in [5, 5.41) is 10.8. The molecular formula is C18H18NO2S2-. The quantitative estimate of drug-likeness (QED) is 0.294. The molecule has 0 saturated carbocycles. The summed E-state index contributed by atoms with van der Waals surface area (Å²) < 4.78 is 0.613. The Morgan fingerprint density at radius 1 is 0.957 bits per heavy atom. The first-order chi connectivity index (χ1) is 11.1. The number of aryl methyl sites for hydroxylation is 2. The lowest BCUT2D eigenvalue weighted by Crippen LogP contribution is -1.91. The van der Waals surface area contributed by atoms with Crippen molar-refractivity contribution in [2.24, 2.45) is 0 Å². The monoisotopic (exact) mass is 344 g/mol. The van der Waals surface area contributed by atoms with Crippen LogP contribution in [-0.2, 0) is 11.5 Å². The fraction of sp³-hybridized carbons (Fsp3) is 0.222. The molecule has 23 heavy (non-hydrogen) atoms. The molecule has 0 heterocycles. The first kappa shape index (κ1) is 17.6. The minimum absolute atomic E-state index is 0.495. The minimum Gasteiger partial charge on any atom is -0.297 e. The molecule has 0 bridgehead atoms. The van der Waals surface area contributed by atoms with E-state index in [1.807, 2.05) is 24.3 Å². The maximum atomic E-state index is 10.8. The molecule has 5 heteroatoms. The number of nitro groups is 1. The smallest absolute Gasteiger partial charge is 0.0212 e. The van der Waals surface area contributed by atoms with E-state index in [2.05, 4.69) is 44.3 Å². The van der Waals surface area contributed by atoms with E-state index in [9.17, 15) is 10.1 Å². The summed E-state index contributed by atoms with van der Waals surface area (Å²) in [5.41, 5.74) is 4.78. The summed E-state index contributed by atoms with van der Waals surface area (Å²) in [5.74, 6) is 1.42. The molecule has 0 N–H and O–H groups in total. The van der Waals surface area contributed by atoms with Crippen molar-refractivity contribution in [3.8, 4) is 0 Å².